The van der Waals surface area contributed by atoms with Crippen LogP contribution in [0.2, 0.25) is 0 Å². The molecule has 0 saturated heterocycles. The summed E-state index contributed by atoms with van der Waals surface area (Å²) in [7, 11) is 1.59. The van der Waals surface area contributed by atoms with Crippen molar-refractivity contribution in [3.05, 3.63) is 59.9 Å². The molecule has 1 aromatic heterocycles. The van der Waals surface area contributed by atoms with Crippen LogP contribution in [0.1, 0.15) is 36.2 Å². The van der Waals surface area contributed by atoms with Crippen molar-refractivity contribution in [3.63, 3.8) is 0 Å². The van der Waals surface area contributed by atoms with Gasteiger partial charge in [-0.05, 0) is 47.0 Å². The first-order valence-electron chi connectivity index (χ1n) is 8.75. The predicted molar refractivity (Wildman–Crippen MR) is 107 cm³/mol. The van der Waals surface area contributed by atoms with E-state index in [-0.39, 0.29) is 18.3 Å². The van der Waals surface area contributed by atoms with Crippen LogP contribution in [0.3, 0.4) is 0 Å². The number of tetrazole rings is 1. The number of hydrogen-bond donors (Lipinski definition) is 2. The van der Waals surface area contributed by atoms with Gasteiger partial charge in [0, 0.05) is 11.6 Å². The van der Waals surface area contributed by atoms with Crippen LogP contribution in [0.5, 0.6) is 5.75 Å². The molecule has 1 fully saturated rings. The highest BCUT2D eigenvalue weighted by molar-refractivity contribution is 5.95. The molecule has 1 aliphatic rings. The molecule has 1 saturated carbocycles. The van der Waals surface area contributed by atoms with Gasteiger partial charge in [0.25, 0.3) is 0 Å². The smallest absolute Gasteiger partial charge is 0.245 e. The van der Waals surface area contributed by atoms with Crippen LogP contribution in [0.25, 0.3) is 5.69 Å². The summed E-state index contributed by atoms with van der Waals surface area (Å²) >= 11 is 0. The van der Waals surface area contributed by atoms with Gasteiger partial charge >= 0.3 is 0 Å². The molecule has 0 spiro atoms. The monoisotopic (exact) mass is 400 g/mol. The third kappa shape index (κ3) is 3.97. The highest BCUT2D eigenvalue weighted by Gasteiger charge is 2.30. The molecule has 0 aliphatic heterocycles. The van der Waals surface area contributed by atoms with E-state index in [2.05, 4.69) is 20.8 Å². The number of rotatable bonds is 6. The lowest BCUT2D eigenvalue weighted by Crippen LogP contribution is -2.27. The van der Waals surface area contributed by atoms with Gasteiger partial charge in [0.05, 0.1) is 7.11 Å². The van der Waals surface area contributed by atoms with Crippen LogP contribution < -0.4 is 15.8 Å². The average molecular weight is 401 g/mol. The molecule has 1 amide bonds. The number of halogens is 1. The Balaban J connectivity index is 0.00000225. The Morgan fingerprint density at radius 3 is 2.68 bits per heavy atom. The van der Waals surface area contributed by atoms with Crippen molar-refractivity contribution in [2.24, 2.45) is 5.73 Å². The van der Waals surface area contributed by atoms with E-state index in [9.17, 15) is 4.79 Å². The number of nitrogens with one attached hydrogen (secondary N) is 1. The number of aromatic nitrogens is 4. The fourth-order valence-electron chi connectivity index (χ4n) is 2.93. The fourth-order valence-corrected chi connectivity index (χ4v) is 2.93. The van der Waals surface area contributed by atoms with E-state index in [4.69, 9.17) is 10.5 Å². The molecule has 3 aromatic rings. The average Bonchev–Trinajstić information content (AvgIpc) is 3.44. The molecule has 1 unspecified atom stereocenters. The van der Waals surface area contributed by atoms with Crippen molar-refractivity contribution >= 4 is 24.0 Å². The van der Waals surface area contributed by atoms with Gasteiger partial charge in [0.2, 0.25) is 5.91 Å². The number of ether oxygens (including phenoxy) is 1. The molecule has 9 heteroatoms. The number of anilines is 1. The van der Waals surface area contributed by atoms with Crippen LogP contribution >= 0.6 is 12.4 Å². The molecule has 3 N–H and O–H groups in total. The topological polar surface area (TPSA) is 108 Å². The Kier molecular flexibility index (Phi) is 5.91. The van der Waals surface area contributed by atoms with Gasteiger partial charge in [-0.25, -0.2) is 0 Å². The first kappa shape index (κ1) is 19.8. The van der Waals surface area contributed by atoms with Gasteiger partial charge in [-0.3, -0.25) is 4.79 Å². The summed E-state index contributed by atoms with van der Waals surface area (Å²) in [4.78, 5) is 12.5. The number of nitrogens with two attached hydrogens (primary N) is 1. The number of amides is 1. The zero-order valence-electron chi connectivity index (χ0n) is 15.3. The number of hydrogen-bond acceptors (Lipinski definition) is 6. The van der Waals surface area contributed by atoms with E-state index in [1.807, 2.05) is 30.3 Å². The normalized spacial score (nSPS) is 14.1. The minimum atomic E-state index is -0.758. The molecule has 28 heavy (non-hydrogen) atoms. The van der Waals surface area contributed by atoms with E-state index in [0.29, 0.717) is 23.0 Å². The van der Waals surface area contributed by atoms with Gasteiger partial charge in [-0.1, -0.05) is 30.3 Å². The van der Waals surface area contributed by atoms with Crippen molar-refractivity contribution in [2.75, 3.05) is 12.4 Å². The third-order valence-corrected chi connectivity index (χ3v) is 4.55. The minimum Gasteiger partial charge on any atom is -0.494 e. The van der Waals surface area contributed by atoms with Crippen molar-refractivity contribution in [2.45, 2.75) is 24.8 Å². The number of methoxy groups -OCH3 is 1. The second-order valence-corrected chi connectivity index (χ2v) is 6.49. The Labute approximate surface area is 168 Å². The summed E-state index contributed by atoms with van der Waals surface area (Å²) in [6.07, 6.45) is 2.15. The Morgan fingerprint density at radius 1 is 1.25 bits per heavy atom. The van der Waals surface area contributed by atoms with E-state index in [0.717, 1.165) is 24.2 Å². The maximum atomic E-state index is 12.5. The zero-order chi connectivity index (χ0) is 18.8. The fraction of sp³-hybridized carbons (Fsp3) is 0.263. The summed E-state index contributed by atoms with van der Waals surface area (Å²) in [6.45, 7) is 0. The second-order valence-electron chi connectivity index (χ2n) is 6.49. The standard InChI is InChI=1S/C19H20N6O2.ClH/c1-27-16-10-9-14(21-19(26)17(20)12-5-3-2-4-6-12)11-15(16)25-18(13-7-8-13)22-23-24-25;/h2-6,9-11,13,17H,7-8,20H2,1H3,(H,21,26);1H. The summed E-state index contributed by atoms with van der Waals surface area (Å²) in [5.74, 6) is 1.50. The largest absolute Gasteiger partial charge is 0.494 e. The van der Waals surface area contributed by atoms with Crippen molar-refractivity contribution in [1.82, 2.24) is 20.2 Å². The summed E-state index contributed by atoms with van der Waals surface area (Å²) in [6, 6.07) is 13.8. The molecular weight excluding hydrogens is 380 g/mol. The zero-order valence-corrected chi connectivity index (χ0v) is 16.1. The highest BCUT2D eigenvalue weighted by atomic mass is 35.5. The van der Waals surface area contributed by atoms with Crippen molar-refractivity contribution in [1.29, 1.82) is 0 Å². The summed E-state index contributed by atoms with van der Waals surface area (Å²) < 4.78 is 7.12. The molecule has 1 aliphatic carbocycles. The number of carbonyl (C=O) groups is 1. The lowest BCUT2D eigenvalue weighted by atomic mass is 10.1. The van der Waals surface area contributed by atoms with Gasteiger partial charge in [-0.2, -0.15) is 4.68 Å². The van der Waals surface area contributed by atoms with Gasteiger partial charge in [-0.15, -0.1) is 17.5 Å². The number of nitrogens with zero attached hydrogens (tertiary/aromatic N) is 4. The maximum absolute atomic E-state index is 12.5. The molecule has 4 rings (SSSR count). The molecule has 0 radical (unpaired) electrons. The van der Waals surface area contributed by atoms with Crippen molar-refractivity contribution in [3.8, 4) is 11.4 Å². The lowest BCUT2D eigenvalue weighted by molar-refractivity contribution is -0.117. The van der Waals surface area contributed by atoms with E-state index < -0.39 is 6.04 Å². The molecule has 8 nitrogen and oxygen atoms in total. The second kappa shape index (κ2) is 8.37. The molecule has 146 valence electrons. The Morgan fingerprint density at radius 2 is 2.00 bits per heavy atom. The summed E-state index contributed by atoms with van der Waals surface area (Å²) in [5, 5.41) is 14.9. The Hall–Kier alpha value is -2.97. The maximum Gasteiger partial charge on any atom is 0.245 e. The molecule has 0 bridgehead atoms. The molecular formula is C19H21ClN6O2. The number of carbonyl (C=O) groups excluding carboxylic acids is 1. The molecule has 1 heterocycles. The van der Waals surface area contributed by atoms with Gasteiger partial charge in [0.15, 0.2) is 5.82 Å². The first-order chi connectivity index (χ1) is 13.2. The Bertz CT molecular complexity index is 958. The van der Waals surface area contributed by atoms with Crippen LogP contribution in [0.15, 0.2) is 48.5 Å². The van der Waals surface area contributed by atoms with E-state index in [1.165, 1.54) is 0 Å². The number of benzene rings is 2. The van der Waals surface area contributed by atoms with Crippen LogP contribution in [-0.4, -0.2) is 33.2 Å². The lowest BCUT2D eigenvalue weighted by Gasteiger charge is -2.15. The third-order valence-electron chi connectivity index (χ3n) is 4.55. The van der Waals surface area contributed by atoms with Gasteiger partial charge < -0.3 is 15.8 Å². The van der Waals surface area contributed by atoms with Crippen molar-refractivity contribution < 1.29 is 9.53 Å². The highest BCUT2D eigenvalue weighted by Crippen LogP contribution is 2.40. The van der Waals surface area contributed by atoms with Gasteiger partial charge in [0.1, 0.15) is 17.5 Å². The predicted octanol–water partition coefficient (Wildman–Crippen LogP) is 2.61. The van der Waals surface area contributed by atoms with E-state index >= 15 is 0 Å². The SMILES string of the molecule is COc1ccc(NC(=O)C(N)c2ccccc2)cc1-n1nnnc1C1CC1.Cl. The van der Waals surface area contributed by atoms with Crippen LogP contribution in [0.4, 0.5) is 5.69 Å². The van der Waals surface area contributed by atoms with Crippen LogP contribution in [0, 0.1) is 0 Å². The van der Waals surface area contributed by atoms with Crippen LogP contribution in [-0.2, 0) is 4.79 Å². The molecule has 1 atom stereocenters. The molecule has 2 aromatic carbocycles. The first-order valence-corrected chi connectivity index (χ1v) is 8.75. The van der Waals surface area contributed by atoms with E-state index in [1.54, 1.807) is 30.0 Å². The minimum absolute atomic E-state index is 0. The summed E-state index contributed by atoms with van der Waals surface area (Å²) in [5.41, 5.74) is 8.10. The quantitative estimate of drug-likeness (QED) is 0.658.